The van der Waals surface area contributed by atoms with Gasteiger partial charge in [0.25, 0.3) is 0 Å². The van der Waals surface area contributed by atoms with Crippen LogP contribution >= 0.6 is 34.3 Å². The maximum absolute atomic E-state index is 6.08. The summed E-state index contributed by atoms with van der Waals surface area (Å²) in [6.07, 6.45) is 0. The summed E-state index contributed by atoms with van der Waals surface area (Å²) in [7, 11) is 0. The van der Waals surface area contributed by atoms with E-state index < -0.39 is 0 Å². The molecular formula is C16H16ClN3S2. The number of rotatable bonds is 3. The minimum atomic E-state index is 0.760. The lowest BCUT2D eigenvalue weighted by Crippen LogP contribution is -1.96. The highest BCUT2D eigenvalue weighted by Gasteiger charge is 2.13. The van der Waals surface area contributed by atoms with Crippen molar-refractivity contribution in [2.24, 2.45) is 0 Å². The third-order valence-corrected chi connectivity index (χ3v) is 5.44. The molecule has 22 heavy (non-hydrogen) atoms. The predicted molar refractivity (Wildman–Crippen MR) is 96.9 cm³/mol. The average molecular weight is 350 g/mol. The van der Waals surface area contributed by atoms with Crippen LogP contribution < -0.4 is 5.32 Å². The van der Waals surface area contributed by atoms with E-state index >= 15 is 0 Å². The SMILES string of the molecule is Cc1nc(C)c(-c2csc(Nc3c(C)cc(Cl)cc3C)n2)s1. The first-order valence-electron chi connectivity index (χ1n) is 6.87. The smallest absolute Gasteiger partial charge is 0.187 e. The van der Waals surface area contributed by atoms with Crippen molar-refractivity contribution in [3.05, 3.63) is 44.4 Å². The molecule has 1 N–H and O–H groups in total. The normalized spacial score (nSPS) is 11.0. The molecule has 114 valence electrons. The van der Waals surface area contributed by atoms with Crippen LogP contribution in [0.5, 0.6) is 0 Å². The number of nitrogens with one attached hydrogen (secondary N) is 1. The van der Waals surface area contributed by atoms with E-state index in [1.165, 1.54) is 0 Å². The first kappa shape index (κ1) is 15.5. The summed E-state index contributed by atoms with van der Waals surface area (Å²) in [6.45, 7) is 8.14. The van der Waals surface area contributed by atoms with Gasteiger partial charge in [-0.25, -0.2) is 9.97 Å². The summed E-state index contributed by atoms with van der Waals surface area (Å²) in [5.74, 6) is 0. The van der Waals surface area contributed by atoms with E-state index in [0.29, 0.717) is 0 Å². The molecule has 0 amide bonds. The predicted octanol–water partition coefficient (Wildman–Crippen LogP) is 5.90. The Labute approximate surface area is 143 Å². The molecule has 0 saturated carbocycles. The number of aryl methyl sites for hydroxylation is 4. The number of halogens is 1. The molecule has 0 bridgehead atoms. The zero-order valence-electron chi connectivity index (χ0n) is 12.8. The summed E-state index contributed by atoms with van der Waals surface area (Å²) in [6, 6.07) is 3.92. The number of nitrogens with zero attached hydrogens (tertiary/aromatic N) is 2. The maximum Gasteiger partial charge on any atom is 0.187 e. The monoisotopic (exact) mass is 349 g/mol. The van der Waals surface area contributed by atoms with Gasteiger partial charge in [0.1, 0.15) is 0 Å². The molecule has 3 nitrogen and oxygen atoms in total. The van der Waals surface area contributed by atoms with Gasteiger partial charge in [-0.05, 0) is 51.0 Å². The summed E-state index contributed by atoms with van der Waals surface area (Å²) in [5, 5.41) is 8.20. The van der Waals surface area contributed by atoms with E-state index in [2.05, 4.69) is 15.7 Å². The van der Waals surface area contributed by atoms with Crippen molar-refractivity contribution in [2.75, 3.05) is 5.32 Å². The highest BCUT2D eigenvalue weighted by atomic mass is 35.5. The minimum absolute atomic E-state index is 0.760. The van der Waals surface area contributed by atoms with Crippen LogP contribution in [0.4, 0.5) is 10.8 Å². The molecular weight excluding hydrogens is 334 g/mol. The zero-order valence-corrected chi connectivity index (χ0v) is 15.2. The Hall–Kier alpha value is -1.43. The van der Waals surface area contributed by atoms with Gasteiger partial charge in [0.05, 0.1) is 21.3 Å². The standard InChI is InChI=1S/C16H16ClN3S2/c1-8-5-12(17)6-9(2)14(8)20-16-19-13(7-21-16)15-10(3)18-11(4)22-15/h5-7H,1-4H3,(H,19,20). The topological polar surface area (TPSA) is 37.8 Å². The number of aromatic nitrogens is 2. The molecule has 0 aliphatic heterocycles. The number of anilines is 2. The van der Waals surface area contributed by atoms with Gasteiger partial charge in [-0.2, -0.15) is 0 Å². The van der Waals surface area contributed by atoms with E-state index in [1.807, 2.05) is 39.8 Å². The first-order valence-corrected chi connectivity index (χ1v) is 8.95. The lowest BCUT2D eigenvalue weighted by Gasteiger charge is -2.11. The van der Waals surface area contributed by atoms with Crippen LogP contribution in [-0.4, -0.2) is 9.97 Å². The molecule has 3 aromatic rings. The number of hydrogen-bond donors (Lipinski definition) is 1. The van der Waals surface area contributed by atoms with Gasteiger partial charge in [-0.15, -0.1) is 22.7 Å². The molecule has 6 heteroatoms. The largest absolute Gasteiger partial charge is 0.331 e. The second-order valence-corrected chi connectivity index (χ2v) is 7.72. The fourth-order valence-electron chi connectivity index (χ4n) is 2.42. The van der Waals surface area contributed by atoms with Crippen LogP contribution in [0, 0.1) is 27.7 Å². The van der Waals surface area contributed by atoms with Crippen molar-refractivity contribution in [1.29, 1.82) is 0 Å². The number of hydrogen-bond acceptors (Lipinski definition) is 5. The molecule has 0 saturated heterocycles. The third kappa shape index (κ3) is 3.02. The Morgan fingerprint density at radius 2 is 1.73 bits per heavy atom. The van der Waals surface area contributed by atoms with Crippen molar-refractivity contribution < 1.29 is 0 Å². The molecule has 2 aromatic heterocycles. The fraction of sp³-hybridized carbons (Fsp3) is 0.250. The van der Waals surface area contributed by atoms with Crippen LogP contribution in [0.3, 0.4) is 0 Å². The van der Waals surface area contributed by atoms with E-state index in [0.717, 1.165) is 48.2 Å². The van der Waals surface area contributed by atoms with Crippen LogP contribution in [0.1, 0.15) is 21.8 Å². The summed E-state index contributed by atoms with van der Waals surface area (Å²) in [5.41, 5.74) is 5.33. The molecule has 0 aliphatic rings. The van der Waals surface area contributed by atoms with Crippen LogP contribution in [0.25, 0.3) is 10.6 Å². The highest BCUT2D eigenvalue weighted by Crippen LogP contribution is 2.34. The second-order valence-electron chi connectivity index (χ2n) is 5.22. The van der Waals surface area contributed by atoms with Gasteiger partial charge in [-0.1, -0.05) is 11.6 Å². The molecule has 1 aromatic carbocycles. The van der Waals surface area contributed by atoms with E-state index in [4.69, 9.17) is 16.6 Å². The second kappa shape index (κ2) is 5.99. The molecule has 0 atom stereocenters. The van der Waals surface area contributed by atoms with E-state index in [1.54, 1.807) is 22.7 Å². The van der Waals surface area contributed by atoms with Gasteiger partial charge in [0, 0.05) is 16.1 Å². The van der Waals surface area contributed by atoms with Crippen molar-refractivity contribution in [3.8, 4) is 10.6 Å². The maximum atomic E-state index is 6.08. The van der Waals surface area contributed by atoms with Gasteiger partial charge < -0.3 is 5.32 Å². The zero-order chi connectivity index (χ0) is 15.9. The Kier molecular flexibility index (Phi) is 4.21. The lowest BCUT2D eigenvalue weighted by atomic mass is 10.1. The van der Waals surface area contributed by atoms with E-state index in [-0.39, 0.29) is 0 Å². The molecule has 2 heterocycles. The van der Waals surface area contributed by atoms with Gasteiger partial charge >= 0.3 is 0 Å². The van der Waals surface area contributed by atoms with Crippen LogP contribution in [0.15, 0.2) is 17.5 Å². The summed E-state index contributed by atoms with van der Waals surface area (Å²) < 4.78 is 0. The van der Waals surface area contributed by atoms with Gasteiger partial charge in [0.2, 0.25) is 0 Å². The third-order valence-electron chi connectivity index (χ3n) is 3.37. The Morgan fingerprint density at radius 1 is 1.05 bits per heavy atom. The van der Waals surface area contributed by atoms with E-state index in [9.17, 15) is 0 Å². The van der Waals surface area contributed by atoms with Crippen molar-refractivity contribution in [1.82, 2.24) is 9.97 Å². The van der Waals surface area contributed by atoms with Crippen LogP contribution in [0.2, 0.25) is 5.02 Å². The number of thiazole rings is 2. The first-order chi connectivity index (χ1) is 10.4. The minimum Gasteiger partial charge on any atom is -0.331 e. The highest BCUT2D eigenvalue weighted by molar-refractivity contribution is 7.16. The Morgan fingerprint density at radius 3 is 2.32 bits per heavy atom. The van der Waals surface area contributed by atoms with Crippen molar-refractivity contribution in [3.63, 3.8) is 0 Å². The molecule has 3 rings (SSSR count). The fourth-order valence-corrected chi connectivity index (χ4v) is 4.41. The van der Waals surface area contributed by atoms with Crippen molar-refractivity contribution in [2.45, 2.75) is 27.7 Å². The molecule has 0 radical (unpaired) electrons. The summed E-state index contributed by atoms with van der Waals surface area (Å²) >= 11 is 9.37. The van der Waals surface area contributed by atoms with Crippen LogP contribution in [-0.2, 0) is 0 Å². The van der Waals surface area contributed by atoms with Gasteiger partial charge in [0.15, 0.2) is 5.13 Å². The quantitative estimate of drug-likeness (QED) is 0.639. The molecule has 0 unspecified atom stereocenters. The Balaban J connectivity index is 1.91. The number of benzene rings is 1. The summed E-state index contributed by atoms with van der Waals surface area (Å²) in [4.78, 5) is 10.3. The Bertz CT molecular complexity index is 813. The molecule has 0 aliphatic carbocycles. The molecule has 0 fully saturated rings. The van der Waals surface area contributed by atoms with Crippen molar-refractivity contribution >= 4 is 45.1 Å². The lowest BCUT2D eigenvalue weighted by molar-refractivity contribution is 1.20. The van der Waals surface area contributed by atoms with Gasteiger partial charge in [-0.3, -0.25) is 0 Å². The average Bonchev–Trinajstić information content (AvgIpc) is 3.00. The molecule has 0 spiro atoms.